The van der Waals surface area contributed by atoms with Crippen LogP contribution >= 0.6 is 12.4 Å². The van der Waals surface area contributed by atoms with Crippen LogP contribution in [0.1, 0.15) is 36.3 Å². The number of hydrogen-bond acceptors (Lipinski definition) is 4. The second kappa shape index (κ2) is 5.74. The van der Waals surface area contributed by atoms with Crippen LogP contribution in [0.4, 0.5) is 0 Å². The number of fused-ring (bicyclic) bond motifs is 2. The molecule has 0 radical (unpaired) electrons. The van der Waals surface area contributed by atoms with Gasteiger partial charge in [0, 0.05) is 18.2 Å². The minimum absolute atomic E-state index is 0. The molecule has 2 aliphatic rings. The molecule has 6 heteroatoms. The number of carbonyl (C=O) groups is 1. The molecule has 2 aliphatic carbocycles. The molecule has 2 bridgehead atoms. The Morgan fingerprint density at radius 3 is 2.65 bits per heavy atom. The molecular weight excluding hydrogens is 278 g/mol. The number of halogens is 1. The van der Waals surface area contributed by atoms with Crippen molar-refractivity contribution in [2.75, 3.05) is 0 Å². The Kier molecular flexibility index (Phi) is 4.39. The largest absolute Gasteiger partial charge is 0.361 e. The summed E-state index contributed by atoms with van der Waals surface area (Å²) < 4.78 is 5.10. The van der Waals surface area contributed by atoms with E-state index in [4.69, 9.17) is 10.3 Å². The molecule has 1 aromatic rings. The van der Waals surface area contributed by atoms with Gasteiger partial charge in [0.05, 0.1) is 11.6 Å². The summed E-state index contributed by atoms with van der Waals surface area (Å²) in [7, 11) is 0. The number of aryl methyl sites for hydroxylation is 2. The number of nitrogens with zero attached hydrogens (tertiary/aromatic N) is 1. The molecule has 3 N–H and O–H groups in total. The summed E-state index contributed by atoms with van der Waals surface area (Å²) in [5.74, 6) is 1.92. The summed E-state index contributed by atoms with van der Waals surface area (Å²) in [5.41, 5.74) is 8.00. The first kappa shape index (κ1) is 15.3. The summed E-state index contributed by atoms with van der Waals surface area (Å²) in [6.07, 6.45) is 3.48. The Morgan fingerprint density at radius 1 is 1.40 bits per heavy atom. The lowest BCUT2D eigenvalue weighted by atomic mass is 9.84. The number of rotatable bonds is 3. The molecule has 4 atom stereocenters. The van der Waals surface area contributed by atoms with Crippen LogP contribution in [0, 0.1) is 31.6 Å². The normalized spacial score (nSPS) is 31.1. The zero-order valence-corrected chi connectivity index (χ0v) is 12.7. The van der Waals surface area contributed by atoms with Gasteiger partial charge < -0.3 is 15.6 Å². The van der Waals surface area contributed by atoms with Crippen LogP contribution in [0.15, 0.2) is 4.52 Å². The molecule has 20 heavy (non-hydrogen) atoms. The van der Waals surface area contributed by atoms with E-state index in [0.29, 0.717) is 18.4 Å². The first-order valence-electron chi connectivity index (χ1n) is 7.03. The fraction of sp³-hybridized carbons (Fsp3) is 0.714. The zero-order chi connectivity index (χ0) is 13.6. The average Bonchev–Trinajstić information content (AvgIpc) is 3.04. The lowest BCUT2D eigenvalue weighted by molar-refractivity contribution is -0.127. The molecule has 0 aromatic carbocycles. The van der Waals surface area contributed by atoms with E-state index in [1.165, 1.54) is 6.42 Å². The predicted octanol–water partition coefficient (Wildman–Crippen LogP) is 1.70. The van der Waals surface area contributed by atoms with Crippen molar-refractivity contribution in [2.24, 2.45) is 23.5 Å². The van der Waals surface area contributed by atoms with E-state index in [9.17, 15) is 4.79 Å². The summed E-state index contributed by atoms with van der Waals surface area (Å²) in [5, 5.41) is 6.90. The molecule has 0 aliphatic heterocycles. The molecule has 1 heterocycles. The number of amides is 1. The number of nitrogens with one attached hydrogen (secondary N) is 1. The minimum Gasteiger partial charge on any atom is -0.361 e. The lowest BCUT2D eigenvalue weighted by Gasteiger charge is -2.26. The van der Waals surface area contributed by atoms with Crippen molar-refractivity contribution in [1.29, 1.82) is 0 Å². The molecule has 2 fully saturated rings. The molecule has 3 rings (SSSR count). The predicted molar refractivity (Wildman–Crippen MR) is 77.4 cm³/mol. The fourth-order valence-electron chi connectivity index (χ4n) is 3.77. The number of carbonyl (C=O) groups excluding carboxylic acids is 1. The van der Waals surface area contributed by atoms with Crippen molar-refractivity contribution in [2.45, 2.75) is 45.7 Å². The van der Waals surface area contributed by atoms with Crippen molar-refractivity contribution in [1.82, 2.24) is 10.5 Å². The number of hydrogen-bond donors (Lipinski definition) is 2. The Bertz CT molecular complexity index is 481. The third-order valence-corrected chi connectivity index (χ3v) is 4.90. The topological polar surface area (TPSA) is 81.2 Å². The monoisotopic (exact) mass is 299 g/mol. The van der Waals surface area contributed by atoms with Crippen LogP contribution in [0.2, 0.25) is 0 Å². The molecule has 0 saturated heterocycles. The van der Waals surface area contributed by atoms with E-state index in [-0.39, 0.29) is 30.3 Å². The van der Waals surface area contributed by atoms with Gasteiger partial charge in [-0.15, -0.1) is 12.4 Å². The quantitative estimate of drug-likeness (QED) is 0.890. The average molecular weight is 300 g/mol. The molecule has 2 saturated carbocycles. The van der Waals surface area contributed by atoms with Crippen molar-refractivity contribution in [3.63, 3.8) is 0 Å². The minimum atomic E-state index is -0.000720. The fourth-order valence-corrected chi connectivity index (χ4v) is 3.77. The van der Waals surface area contributed by atoms with E-state index in [1.807, 2.05) is 13.8 Å². The van der Waals surface area contributed by atoms with Crippen LogP contribution in [0.5, 0.6) is 0 Å². The Balaban J connectivity index is 0.00000147. The van der Waals surface area contributed by atoms with Crippen molar-refractivity contribution in [3.05, 3.63) is 17.0 Å². The van der Waals surface area contributed by atoms with Gasteiger partial charge in [-0.1, -0.05) is 5.16 Å². The molecule has 5 nitrogen and oxygen atoms in total. The highest BCUT2D eigenvalue weighted by atomic mass is 35.5. The Morgan fingerprint density at radius 2 is 2.10 bits per heavy atom. The summed E-state index contributed by atoms with van der Waals surface area (Å²) in [4.78, 5) is 12.3. The maximum Gasteiger partial charge on any atom is 0.225 e. The first-order valence-corrected chi connectivity index (χ1v) is 7.03. The highest BCUT2D eigenvalue weighted by Crippen LogP contribution is 2.47. The SMILES string of the molecule is Cc1noc(C)c1CNC(=O)C1C2CCC(C2)C1N.Cl. The van der Waals surface area contributed by atoms with Crippen molar-refractivity contribution >= 4 is 18.3 Å². The second-order valence-corrected chi connectivity index (χ2v) is 5.96. The van der Waals surface area contributed by atoms with Gasteiger partial charge in [-0.25, -0.2) is 0 Å². The van der Waals surface area contributed by atoms with Gasteiger partial charge in [-0.05, 0) is 44.9 Å². The van der Waals surface area contributed by atoms with Gasteiger partial charge in [-0.3, -0.25) is 4.79 Å². The molecular formula is C14H22ClN3O2. The molecule has 112 valence electrons. The van der Waals surface area contributed by atoms with Gasteiger partial charge in [0.2, 0.25) is 5.91 Å². The van der Waals surface area contributed by atoms with Gasteiger partial charge >= 0.3 is 0 Å². The van der Waals surface area contributed by atoms with E-state index >= 15 is 0 Å². The second-order valence-electron chi connectivity index (χ2n) is 5.96. The van der Waals surface area contributed by atoms with Crippen LogP contribution in [-0.4, -0.2) is 17.1 Å². The van der Waals surface area contributed by atoms with Crippen LogP contribution in [0.3, 0.4) is 0 Å². The van der Waals surface area contributed by atoms with E-state index in [0.717, 1.165) is 29.9 Å². The smallest absolute Gasteiger partial charge is 0.225 e. The summed E-state index contributed by atoms with van der Waals surface area (Å²) in [6, 6.07) is 0.0448. The van der Waals surface area contributed by atoms with Gasteiger partial charge in [0.1, 0.15) is 5.76 Å². The van der Waals surface area contributed by atoms with E-state index in [2.05, 4.69) is 10.5 Å². The highest BCUT2D eigenvalue weighted by molar-refractivity contribution is 5.85. The van der Waals surface area contributed by atoms with Crippen molar-refractivity contribution in [3.8, 4) is 0 Å². The summed E-state index contributed by atoms with van der Waals surface area (Å²) in [6.45, 7) is 4.24. The lowest BCUT2D eigenvalue weighted by Crippen LogP contribution is -2.45. The van der Waals surface area contributed by atoms with Crippen LogP contribution in [0.25, 0.3) is 0 Å². The number of aromatic nitrogens is 1. The maximum atomic E-state index is 12.3. The van der Waals surface area contributed by atoms with Gasteiger partial charge in [0.25, 0.3) is 0 Å². The molecule has 0 spiro atoms. The highest BCUT2D eigenvalue weighted by Gasteiger charge is 2.48. The van der Waals surface area contributed by atoms with Gasteiger partial charge in [-0.2, -0.15) is 0 Å². The third kappa shape index (κ3) is 2.44. The third-order valence-electron chi connectivity index (χ3n) is 4.90. The first-order chi connectivity index (χ1) is 9.08. The molecule has 1 aromatic heterocycles. The number of nitrogens with two attached hydrogens (primary N) is 1. The van der Waals surface area contributed by atoms with Crippen LogP contribution in [-0.2, 0) is 11.3 Å². The Labute approximate surface area is 125 Å². The van der Waals surface area contributed by atoms with E-state index < -0.39 is 0 Å². The molecule has 1 amide bonds. The zero-order valence-electron chi connectivity index (χ0n) is 11.9. The van der Waals surface area contributed by atoms with Crippen LogP contribution < -0.4 is 11.1 Å². The maximum absolute atomic E-state index is 12.3. The Hall–Kier alpha value is -1.07. The summed E-state index contributed by atoms with van der Waals surface area (Å²) >= 11 is 0. The van der Waals surface area contributed by atoms with Gasteiger partial charge in [0.15, 0.2) is 0 Å². The standard InChI is InChI=1S/C14H21N3O2.ClH/c1-7-11(8(2)19-17-7)6-16-14(18)12-9-3-4-10(5-9)13(12)15;/h9-10,12-13H,3-6,15H2,1-2H3,(H,16,18);1H. The van der Waals surface area contributed by atoms with Crippen molar-refractivity contribution < 1.29 is 9.32 Å². The van der Waals surface area contributed by atoms with E-state index in [1.54, 1.807) is 0 Å². The molecule has 4 unspecified atom stereocenters.